The van der Waals surface area contributed by atoms with Gasteiger partial charge in [-0.15, -0.1) is 0 Å². The fourth-order valence-corrected chi connectivity index (χ4v) is 1.14. The first-order valence-electron chi connectivity index (χ1n) is 5.15. The van der Waals surface area contributed by atoms with E-state index in [9.17, 15) is 14.7 Å². The molecule has 0 unspecified atom stereocenters. The number of amides is 3. The Labute approximate surface area is 99.0 Å². The van der Waals surface area contributed by atoms with Gasteiger partial charge in [0.25, 0.3) is 5.91 Å². The molecule has 0 aromatic heterocycles. The van der Waals surface area contributed by atoms with E-state index in [0.29, 0.717) is 0 Å². The lowest BCUT2D eigenvalue weighted by Crippen LogP contribution is -2.48. The highest BCUT2D eigenvalue weighted by Crippen LogP contribution is 2.14. The third-order valence-electron chi connectivity index (χ3n) is 1.86. The third-order valence-corrected chi connectivity index (χ3v) is 1.86. The molecule has 17 heavy (non-hydrogen) atoms. The van der Waals surface area contributed by atoms with Gasteiger partial charge in [-0.25, -0.2) is 10.2 Å². The van der Waals surface area contributed by atoms with E-state index >= 15 is 0 Å². The quantitative estimate of drug-likeness (QED) is 0.572. The monoisotopic (exact) mass is 237 g/mol. The molecule has 4 N–H and O–H groups in total. The van der Waals surface area contributed by atoms with E-state index in [1.807, 2.05) is 0 Å². The fraction of sp³-hybridized carbons (Fsp3) is 0.273. The van der Waals surface area contributed by atoms with Crippen LogP contribution in [0, 0.1) is 0 Å². The van der Waals surface area contributed by atoms with Crippen molar-refractivity contribution >= 4 is 11.9 Å². The van der Waals surface area contributed by atoms with Crippen LogP contribution in [-0.2, 0) is 0 Å². The van der Waals surface area contributed by atoms with E-state index in [-0.39, 0.29) is 17.4 Å². The van der Waals surface area contributed by atoms with E-state index in [0.717, 1.165) is 0 Å². The molecule has 0 aliphatic heterocycles. The zero-order chi connectivity index (χ0) is 12.8. The van der Waals surface area contributed by atoms with Crippen LogP contribution in [0.2, 0.25) is 0 Å². The van der Waals surface area contributed by atoms with E-state index in [1.165, 1.54) is 12.1 Å². The Kier molecular flexibility index (Phi) is 4.33. The van der Waals surface area contributed by atoms with Crippen LogP contribution < -0.4 is 16.2 Å². The van der Waals surface area contributed by atoms with Crippen LogP contribution in [0.15, 0.2) is 24.3 Å². The Morgan fingerprint density at radius 3 is 2.41 bits per heavy atom. The molecule has 0 bridgehead atoms. The van der Waals surface area contributed by atoms with E-state index in [1.54, 1.807) is 26.0 Å². The van der Waals surface area contributed by atoms with Crippen molar-refractivity contribution in [2.45, 2.75) is 19.9 Å². The van der Waals surface area contributed by atoms with Crippen molar-refractivity contribution in [2.75, 3.05) is 0 Å². The highest BCUT2D eigenvalue weighted by molar-refractivity contribution is 5.97. The maximum Gasteiger partial charge on any atom is 0.333 e. The lowest BCUT2D eigenvalue weighted by molar-refractivity contribution is 0.0933. The fourth-order valence-electron chi connectivity index (χ4n) is 1.14. The number of urea groups is 1. The molecule has 92 valence electrons. The minimum absolute atomic E-state index is 0.0305. The van der Waals surface area contributed by atoms with Crippen molar-refractivity contribution in [1.82, 2.24) is 16.2 Å². The molecule has 0 heterocycles. The van der Waals surface area contributed by atoms with Crippen LogP contribution in [0.1, 0.15) is 24.2 Å². The van der Waals surface area contributed by atoms with Crippen LogP contribution in [-0.4, -0.2) is 23.1 Å². The van der Waals surface area contributed by atoms with E-state index in [4.69, 9.17) is 0 Å². The van der Waals surface area contributed by atoms with Gasteiger partial charge in [-0.3, -0.25) is 10.2 Å². The molecule has 0 saturated heterocycles. The highest BCUT2D eigenvalue weighted by Gasteiger charge is 2.10. The smallest absolute Gasteiger partial charge is 0.333 e. The lowest BCUT2D eigenvalue weighted by atomic mass is 10.2. The number of aromatic hydroxyl groups is 1. The molecule has 0 saturated carbocycles. The van der Waals surface area contributed by atoms with Crippen molar-refractivity contribution in [2.24, 2.45) is 0 Å². The first-order valence-corrected chi connectivity index (χ1v) is 5.15. The summed E-state index contributed by atoms with van der Waals surface area (Å²) in [6, 6.07) is 5.52. The Morgan fingerprint density at radius 1 is 1.18 bits per heavy atom. The van der Waals surface area contributed by atoms with Gasteiger partial charge < -0.3 is 10.4 Å². The van der Waals surface area contributed by atoms with Gasteiger partial charge in [0.05, 0.1) is 5.56 Å². The Morgan fingerprint density at radius 2 is 1.82 bits per heavy atom. The summed E-state index contributed by atoms with van der Waals surface area (Å²) in [5.41, 5.74) is 4.46. The molecule has 0 aliphatic rings. The first-order chi connectivity index (χ1) is 8.00. The number of para-hydroxylation sites is 1. The minimum Gasteiger partial charge on any atom is -0.507 e. The number of hydrogen-bond donors (Lipinski definition) is 4. The zero-order valence-electron chi connectivity index (χ0n) is 9.65. The van der Waals surface area contributed by atoms with Crippen molar-refractivity contribution in [3.05, 3.63) is 29.8 Å². The van der Waals surface area contributed by atoms with Crippen molar-refractivity contribution in [3.63, 3.8) is 0 Å². The standard InChI is InChI=1S/C11H15N3O3/c1-7(2)12-11(17)14-13-10(16)8-5-3-4-6-9(8)15/h3-7,15H,1-2H3,(H,13,16)(H2,12,14,17). The molecule has 0 spiro atoms. The van der Waals surface area contributed by atoms with Gasteiger partial charge in [0.2, 0.25) is 0 Å². The zero-order valence-corrected chi connectivity index (χ0v) is 9.65. The van der Waals surface area contributed by atoms with Gasteiger partial charge >= 0.3 is 6.03 Å². The summed E-state index contributed by atoms with van der Waals surface area (Å²) in [5, 5.41) is 11.9. The molecule has 1 rings (SSSR count). The summed E-state index contributed by atoms with van der Waals surface area (Å²) in [4.78, 5) is 22.7. The molecule has 0 aliphatic carbocycles. The average Bonchev–Trinajstić information content (AvgIpc) is 2.25. The van der Waals surface area contributed by atoms with E-state index < -0.39 is 11.9 Å². The number of phenols is 1. The van der Waals surface area contributed by atoms with Gasteiger partial charge in [-0.1, -0.05) is 12.1 Å². The third kappa shape index (κ3) is 4.02. The number of nitrogens with one attached hydrogen (secondary N) is 3. The molecule has 3 amide bonds. The maximum absolute atomic E-state index is 11.5. The van der Waals surface area contributed by atoms with Crippen LogP contribution >= 0.6 is 0 Å². The van der Waals surface area contributed by atoms with Gasteiger partial charge in [-0.05, 0) is 26.0 Å². The predicted octanol–water partition coefficient (Wildman–Crippen LogP) is 0.745. The minimum atomic E-state index is -0.581. The first kappa shape index (κ1) is 12.8. The second-order valence-electron chi connectivity index (χ2n) is 3.72. The summed E-state index contributed by atoms with van der Waals surface area (Å²) in [7, 11) is 0. The Hall–Kier alpha value is -2.24. The molecular formula is C11H15N3O3. The van der Waals surface area contributed by atoms with Crippen LogP contribution in [0.4, 0.5) is 4.79 Å². The number of hydrogen-bond acceptors (Lipinski definition) is 3. The summed E-state index contributed by atoms with van der Waals surface area (Å²) in [6.07, 6.45) is 0. The van der Waals surface area contributed by atoms with Gasteiger partial charge in [0, 0.05) is 6.04 Å². The average molecular weight is 237 g/mol. The Balaban J connectivity index is 2.51. The molecule has 0 atom stereocenters. The second kappa shape index (κ2) is 5.74. The number of hydrazine groups is 1. The van der Waals surface area contributed by atoms with Crippen LogP contribution in [0.3, 0.4) is 0 Å². The number of rotatable bonds is 2. The molecular weight excluding hydrogens is 222 g/mol. The van der Waals surface area contributed by atoms with Gasteiger partial charge in [0.15, 0.2) is 0 Å². The molecule has 0 fully saturated rings. The molecule has 1 aromatic carbocycles. The van der Waals surface area contributed by atoms with Crippen molar-refractivity contribution < 1.29 is 14.7 Å². The molecule has 6 heteroatoms. The highest BCUT2D eigenvalue weighted by atomic mass is 16.3. The SMILES string of the molecule is CC(C)NC(=O)NNC(=O)c1ccccc1O. The maximum atomic E-state index is 11.5. The van der Waals surface area contributed by atoms with Gasteiger partial charge in [-0.2, -0.15) is 0 Å². The summed E-state index contributed by atoms with van der Waals surface area (Å²) in [5.74, 6) is -0.724. The molecule has 6 nitrogen and oxygen atoms in total. The summed E-state index contributed by atoms with van der Waals surface area (Å²) >= 11 is 0. The summed E-state index contributed by atoms with van der Waals surface area (Å²) in [6.45, 7) is 3.59. The number of phenolic OH excluding ortho intramolecular Hbond substituents is 1. The van der Waals surface area contributed by atoms with Crippen LogP contribution in [0.25, 0.3) is 0 Å². The van der Waals surface area contributed by atoms with E-state index in [2.05, 4.69) is 16.2 Å². The topological polar surface area (TPSA) is 90.5 Å². The lowest BCUT2D eigenvalue weighted by Gasteiger charge is -2.11. The van der Waals surface area contributed by atoms with Crippen LogP contribution in [0.5, 0.6) is 5.75 Å². The second-order valence-corrected chi connectivity index (χ2v) is 3.72. The van der Waals surface area contributed by atoms with Gasteiger partial charge in [0.1, 0.15) is 5.75 Å². The number of carbonyl (C=O) groups excluding carboxylic acids is 2. The normalized spacial score (nSPS) is 9.82. The van der Waals surface area contributed by atoms with Crippen molar-refractivity contribution in [1.29, 1.82) is 0 Å². The van der Waals surface area contributed by atoms with Crippen molar-refractivity contribution in [3.8, 4) is 5.75 Å². The largest absolute Gasteiger partial charge is 0.507 e. The molecule has 0 radical (unpaired) electrons. The number of carbonyl (C=O) groups is 2. The number of benzene rings is 1. The predicted molar refractivity (Wildman–Crippen MR) is 62.4 cm³/mol. The molecule has 1 aromatic rings. The Bertz CT molecular complexity index is 418. The summed E-state index contributed by atoms with van der Waals surface area (Å²) < 4.78 is 0.